The molecular weight excluding hydrogens is 192 g/mol. The van der Waals surface area contributed by atoms with Crippen molar-refractivity contribution in [2.45, 2.75) is 6.54 Å². The molecule has 0 radical (unpaired) electrons. The second kappa shape index (κ2) is 4.02. The number of benzene rings is 1. The summed E-state index contributed by atoms with van der Waals surface area (Å²) in [6.07, 6.45) is 1.56. The third kappa shape index (κ3) is 2.08. The van der Waals surface area contributed by atoms with Crippen molar-refractivity contribution in [1.29, 1.82) is 0 Å². The Hall–Kier alpha value is -2.01. The average Bonchev–Trinajstić information content (AvgIpc) is 2.30. The van der Waals surface area contributed by atoms with Gasteiger partial charge in [0.15, 0.2) is 5.82 Å². The van der Waals surface area contributed by atoms with E-state index in [1.54, 1.807) is 30.5 Å². The third-order valence-electron chi connectivity index (χ3n) is 1.95. The summed E-state index contributed by atoms with van der Waals surface area (Å²) < 4.78 is 0. The van der Waals surface area contributed by atoms with Crippen LogP contribution in [-0.4, -0.2) is 20.3 Å². The molecule has 0 aliphatic carbocycles. The zero-order valence-electron chi connectivity index (χ0n) is 7.96. The number of rotatable bonds is 2. The normalized spacial score (nSPS) is 10.2. The van der Waals surface area contributed by atoms with Crippen molar-refractivity contribution in [3.63, 3.8) is 0 Å². The van der Waals surface area contributed by atoms with Crippen molar-refractivity contribution in [2.24, 2.45) is 5.73 Å². The Balaban J connectivity index is 2.40. The van der Waals surface area contributed by atoms with Crippen molar-refractivity contribution >= 4 is 0 Å². The Morgan fingerprint density at radius 1 is 1.20 bits per heavy atom. The molecule has 0 unspecified atom stereocenters. The van der Waals surface area contributed by atoms with Crippen molar-refractivity contribution in [3.8, 4) is 17.0 Å². The number of phenolic OH excluding ortho intramolecular Hbond substituents is 1. The van der Waals surface area contributed by atoms with Crippen molar-refractivity contribution in [3.05, 3.63) is 36.3 Å². The molecule has 5 nitrogen and oxygen atoms in total. The van der Waals surface area contributed by atoms with Crippen LogP contribution in [0.2, 0.25) is 0 Å². The van der Waals surface area contributed by atoms with E-state index < -0.39 is 0 Å². The Bertz CT molecular complexity index is 455. The number of hydrogen-bond donors (Lipinski definition) is 2. The molecular formula is C10H10N4O. The monoisotopic (exact) mass is 202 g/mol. The van der Waals surface area contributed by atoms with Gasteiger partial charge in [-0.05, 0) is 24.3 Å². The van der Waals surface area contributed by atoms with E-state index in [4.69, 9.17) is 10.8 Å². The second-order valence-electron chi connectivity index (χ2n) is 3.01. The lowest BCUT2D eigenvalue weighted by molar-refractivity contribution is 0.475. The van der Waals surface area contributed by atoms with Crippen molar-refractivity contribution < 1.29 is 5.11 Å². The van der Waals surface area contributed by atoms with Crippen molar-refractivity contribution in [2.75, 3.05) is 0 Å². The maximum Gasteiger partial charge on any atom is 0.165 e. The fraction of sp³-hybridized carbons (Fsp3) is 0.100. The van der Waals surface area contributed by atoms with Gasteiger partial charge < -0.3 is 10.8 Å². The highest BCUT2D eigenvalue weighted by atomic mass is 16.3. The highest BCUT2D eigenvalue weighted by molar-refractivity contribution is 5.58. The molecule has 0 fully saturated rings. The predicted molar refractivity (Wildman–Crippen MR) is 54.8 cm³/mol. The van der Waals surface area contributed by atoms with E-state index in [9.17, 15) is 0 Å². The molecule has 0 bridgehead atoms. The molecule has 1 aromatic carbocycles. The summed E-state index contributed by atoms with van der Waals surface area (Å²) in [7, 11) is 0. The van der Waals surface area contributed by atoms with E-state index in [0.717, 1.165) is 5.56 Å². The van der Waals surface area contributed by atoms with E-state index in [-0.39, 0.29) is 12.3 Å². The molecule has 2 rings (SSSR count). The lowest BCUT2D eigenvalue weighted by Crippen LogP contribution is -2.04. The van der Waals surface area contributed by atoms with Crippen LogP contribution in [0.1, 0.15) is 5.82 Å². The molecule has 15 heavy (non-hydrogen) atoms. The number of hydrogen-bond acceptors (Lipinski definition) is 5. The van der Waals surface area contributed by atoms with Gasteiger partial charge in [0.1, 0.15) is 5.75 Å². The van der Waals surface area contributed by atoms with Crippen LogP contribution in [0, 0.1) is 0 Å². The molecule has 1 heterocycles. The SMILES string of the molecule is NCc1nncc(-c2ccc(O)cc2)n1. The number of nitrogens with zero attached hydrogens (tertiary/aromatic N) is 3. The third-order valence-corrected chi connectivity index (χ3v) is 1.95. The Morgan fingerprint density at radius 3 is 2.60 bits per heavy atom. The molecule has 0 saturated carbocycles. The van der Waals surface area contributed by atoms with Gasteiger partial charge >= 0.3 is 0 Å². The molecule has 0 aliphatic heterocycles. The van der Waals surface area contributed by atoms with Crippen LogP contribution in [-0.2, 0) is 6.54 Å². The summed E-state index contributed by atoms with van der Waals surface area (Å²) in [6, 6.07) is 6.72. The van der Waals surface area contributed by atoms with Gasteiger partial charge in [0.25, 0.3) is 0 Å². The van der Waals surface area contributed by atoms with Gasteiger partial charge in [-0.1, -0.05) is 0 Å². The number of aromatic hydroxyl groups is 1. The summed E-state index contributed by atoms with van der Waals surface area (Å²) in [5, 5.41) is 16.7. The van der Waals surface area contributed by atoms with E-state index in [1.165, 1.54) is 0 Å². The highest BCUT2D eigenvalue weighted by Crippen LogP contribution is 2.18. The van der Waals surface area contributed by atoms with Gasteiger partial charge in [-0.25, -0.2) is 4.98 Å². The smallest absolute Gasteiger partial charge is 0.165 e. The summed E-state index contributed by atoms with van der Waals surface area (Å²) in [5.74, 6) is 0.723. The maximum atomic E-state index is 9.14. The standard InChI is InChI=1S/C10H10N4O/c11-5-10-13-9(6-12-14-10)7-1-3-8(15)4-2-7/h1-4,6,15H,5,11H2. The first-order valence-electron chi connectivity index (χ1n) is 4.47. The first kappa shape index (κ1) is 9.54. The topological polar surface area (TPSA) is 84.9 Å². The molecule has 3 N–H and O–H groups in total. The fourth-order valence-electron chi connectivity index (χ4n) is 1.20. The van der Waals surface area contributed by atoms with Gasteiger partial charge in [-0.2, -0.15) is 5.10 Å². The molecule has 0 amide bonds. The van der Waals surface area contributed by atoms with Gasteiger partial charge in [0, 0.05) is 5.56 Å². The quantitative estimate of drug-likeness (QED) is 0.748. The maximum absolute atomic E-state index is 9.14. The lowest BCUT2D eigenvalue weighted by Gasteiger charge is -2.01. The fourth-order valence-corrected chi connectivity index (χ4v) is 1.20. The summed E-state index contributed by atoms with van der Waals surface area (Å²) in [5.41, 5.74) is 6.99. The average molecular weight is 202 g/mol. The largest absolute Gasteiger partial charge is 0.508 e. The zero-order valence-corrected chi connectivity index (χ0v) is 7.96. The van der Waals surface area contributed by atoms with E-state index in [2.05, 4.69) is 15.2 Å². The second-order valence-corrected chi connectivity index (χ2v) is 3.01. The van der Waals surface area contributed by atoms with Gasteiger partial charge in [-0.15, -0.1) is 5.10 Å². The summed E-state index contributed by atoms with van der Waals surface area (Å²) >= 11 is 0. The van der Waals surface area contributed by atoms with Gasteiger partial charge in [0.2, 0.25) is 0 Å². The van der Waals surface area contributed by atoms with Crippen LogP contribution in [0.4, 0.5) is 0 Å². The van der Waals surface area contributed by atoms with Crippen LogP contribution < -0.4 is 5.73 Å². The molecule has 0 saturated heterocycles. The zero-order chi connectivity index (χ0) is 10.7. The number of aromatic nitrogens is 3. The lowest BCUT2D eigenvalue weighted by atomic mass is 10.1. The predicted octanol–water partition coefficient (Wildman–Crippen LogP) is 0.703. The van der Waals surface area contributed by atoms with Crippen LogP contribution in [0.3, 0.4) is 0 Å². The Labute approximate surface area is 86.6 Å². The first-order valence-corrected chi connectivity index (χ1v) is 4.47. The van der Waals surface area contributed by atoms with Crippen LogP contribution in [0.5, 0.6) is 5.75 Å². The van der Waals surface area contributed by atoms with E-state index >= 15 is 0 Å². The number of nitrogens with two attached hydrogens (primary N) is 1. The molecule has 0 atom stereocenters. The molecule has 0 spiro atoms. The van der Waals surface area contributed by atoms with E-state index in [0.29, 0.717) is 11.5 Å². The van der Waals surface area contributed by atoms with Gasteiger partial charge in [0.05, 0.1) is 18.4 Å². The molecule has 5 heteroatoms. The molecule has 76 valence electrons. The molecule has 1 aromatic heterocycles. The van der Waals surface area contributed by atoms with Crippen LogP contribution in [0.25, 0.3) is 11.3 Å². The molecule has 0 aliphatic rings. The van der Waals surface area contributed by atoms with Crippen LogP contribution in [0.15, 0.2) is 30.5 Å². The summed E-state index contributed by atoms with van der Waals surface area (Å²) in [4.78, 5) is 4.21. The van der Waals surface area contributed by atoms with Crippen molar-refractivity contribution in [1.82, 2.24) is 15.2 Å². The van der Waals surface area contributed by atoms with Gasteiger partial charge in [-0.3, -0.25) is 0 Å². The number of phenols is 1. The van der Waals surface area contributed by atoms with E-state index in [1.807, 2.05) is 0 Å². The molecule has 2 aromatic rings. The Kier molecular flexibility index (Phi) is 2.55. The minimum atomic E-state index is 0.222. The minimum absolute atomic E-state index is 0.222. The minimum Gasteiger partial charge on any atom is -0.508 e. The van der Waals surface area contributed by atoms with Crippen LogP contribution >= 0.6 is 0 Å². The first-order chi connectivity index (χ1) is 7.29. The Morgan fingerprint density at radius 2 is 1.93 bits per heavy atom. The summed E-state index contributed by atoms with van der Waals surface area (Å²) in [6.45, 7) is 0.263. The highest BCUT2D eigenvalue weighted by Gasteiger charge is 2.01.